The average molecular weight is 350 g/mol. The van der Waals surface area contributed by atoms with Crippen LogP contribution < -0.4 is 4.90 Å². The van der Waals surface area contributed by atoms with Gasteiger partial charge in [0.15, 0.2) is 5.78 Å². The summed E-state index contributed by atoms with van der Waals surface area (Å²) >= 11 is 6.04. The van der Waals surface area contributed by atoms with Gasteiger partial charge in [0.05, 0.1) is 5.69 Å². The Labute approximate surface area is 146 Å². The number of ketones is 1. The maximum atomic E-state index is 12.9. The van der Waals surface area contributed by atoms with E-state index in [-0.39, 0.29) is 23.8 Å². The number of ether oxygens (including phenoxy) is 1. The lowest BCUT2D eigenvalue weighted by Gasteiger charge is -2.24. The first-order valence-electron chi connectivity index (χ1n) is 7.74. The maximum Gasteiger partial charge on any atom is 0.302 e. The Morgan fingerprint density at radius 2 is 1.96 bits per heavy atom. The van der Waals surface area contributed by atoms with E-state index in [4.69, 9.17) is 16.3 Å². The zero-order chi connectivity index (χ0) is 17.9. The number of anilines is 1. The Hall–Kier alpha value is -2.14. The Bertz CT molecular complexity index is 711. The molecule has 1 amide bonds. The van der Waals surface area contributed by atoms with Crippen molar-refractivity contribution in [3.8, 4) is 0 Å². The van der Waals surface area contributed by atoms with E-state index in [9.17, 15) is 14.4 Å². The van der Waals surface area contributed by atoms with Crippen molar-refractivity contribution in [2.75, 3.05) is 11.9 Å². The third-order valence-corrected chi connectivity index (χ3v) is 4.22. The number of benzene rings is 1. The molecule has 0 N–H and O–H groups in total. The quantitative estimate of drug-likeness (QED) is 0.616. The predicted octanol–water partition coefficient (Wildman–Crippen LogP) is 3.55. The molecule has 128 valence electrons. The first-order chi connectivity index (χ1) is 11.3. The molecule has 1 unspecified atom stereocenters. The van der Waals surface area contributed by atoms with Gasteiger partial charge in [-0.25, -0.2) is 0 Å². The van der Waals surface area contributed by atoms with Gasteiger partial charge in [-0.3, -0.25) is 14.4 Å². The Morgan fingerprint density at radius 1 is 1.25 bits per heavy atom. The molecular formula is C18H20ClNO4. The summed E-state index contributed by atoms with van der Waals surface area (Å²) in [5, 5.41) is 0.423. The fourth-order valence-electron chi connectivity index (χ4n) is 2.72. The molecule has 0 fully saturated rings. The summed E-state index contributed by atoms with van der Waals surface area (Å²) < 4.78 is 5.22. The van der Waals surface area contributed by atoms with Gasteiger partial charge < -0.3 is 9.64 Å². The Morgan fingerprint density at radius 3 is 2.58 bits per heavy atom. The molecule has 0 aliphatic heterocycles. The van der Waals surface area contributed by atoms with Gasteiger partial charge in [-0.05, 0) is 36.6 Å². The molecule has 0 heterocycles. The third kappa shape index (κ3) is 4.23. The highest BCUT2D eigenvalue weighted by Crippen LogP contribution is 2.30. The van der Waals surface area contributed by atoms with Gasteiger partial charge in [0.1, 0.15) is 6.10 Å². The molecule has 0 bridgehead atoms. The summed E-state index contributed by atoms with van der Waals surface area (Å²) in [5.74, 6) is -0.729. The summed E-state index contributed by atoms with van der Waals surface area (Å²) in [4.78, 5) is 37.1. The molecule has 24 heavy (non-hydrogen) atoms. The molecule has 0 spiro atoms. The normalized spacial score (nSPS) is 17.0. The second-order valence-corrected chi connectivity index (χ2v) is 6.25. The highest BCUT2D eigenvalue weighted by atomic mass is 35.5. The van der Waals surface area contributed by atoms with Crippen molar-refractivity contribution in [3.63, 3.8) is 0 Å². The highest BCUT2D eigenvalue weighted by molar-refractivity contribution is 6.31. The second kappa shape index (κ2) is 7.62. The van der Waals surface area contributed by atoms with E-state index in [2.05, 4.69) is 0 Å². The molecule has 0 radical (unpaired) electrons. The lowest BCUT2D eigenvalue weighted by atomic mass is 9.90. The van der Waals surface area contributed by atoms with E-state index in [0.717, 1.165) is 0 Å². The van der Waals surface area contributed by atoms with Crippen LogP contribution in [0.15, 0.2) is 29.8 Å². The second-order valence-electron chi connectivity index (χ2n) is 5.81. The lowest BCUT2D eigenvalue weighted by molar-refractivity contribution is -0.146. The largest absolute Gasteiger partial charge is 0.462 e. The monoisotopic (exact) mass is 349 g/mol. The van der Waals surface area contributed by atoms with Gasteiger partial charge in [0, 0.05) is 37.9 Å². The first kappa shape index (κ1) is 18.2. The van der Waals surface area contributed by atoms with Gasteiger partial charge in [-0.2, -0.15) is 0 Å². The van der Waals surface area contributed by atoms with Crippen LogP contribution >= 0.6 is 11.6 Å². The zero-order valence-electron chi connectivity index (χ0n) is 14.0. The zero-order valence-corrected chi connectivity index (χ0v) is 14.7. The van der Waals surface area contributed by atoms with Crippen molar-refractivity contribution >= 4 is 34.9 Å². The van der Waals surface area contributed by atoms with Crippen LogP contribution in [0.2, 0.25) is 5.02 Å². The molecule has 1 atom stereocenters. The minimum Gasteiger partial charge on any atom is -0.462 e. The smallest absolute Gasteiger partial charge is 0.302 e. The molecule has 0 aromatic heterocycles. The standard InChI is InChI=1S/C18H20ClNO4/c1-11(21)20(3)17-8-7-14(19)10-16(17)18(23)13-5-4-6-15(9-13)24-12(2)22/h5,7-8,10,15H,4,6,9H2,1-3H3. The number of carbonyl (C=O) groups excluding carboxylic acids is 3. The van der Waals surface area contributed by atoms with Crippen LogP contribution in [-0.4, -0.2) is 30.8 Å². The number of halogens is 1. The molecule has 0 saturated heterocycles. The topological polar surface area (TPSA) is 63.7 Å². The first-order valence-corrected chi connectivity index (χ1v) is 8.12. The molecule has 6 heteroatoms. The van der Waals surface area contributed by atoms with Crippen LogP contribution in [0.5, 0.6) is 0 Å². The Balaban J connectivity index is 2.32. The number of Topliss-reactive ketones (excluding diaryl/α,β-unsaturated/α-hetero) is 1. The summed E-state index contributed by atoms with van der Waals surface area (Å²) in [6, 6.07) is 4.86. The number of hydrogen-bond donors (Lipinski definition) is 0. The van der Waals surface area contributed by atoms with Crippen molar-refractivity contribution in [3.05, 3.63) is 40.4 Å². The van der Waals surface area contributed by atoms with E-state index in [1.807, 2.05) is 6.08 Å². The molecular weight excluding hydrogens is 330 g/mol. The number of allylic oxidation sites excluding steroid dienone is 1. The number of esters is 1. The number of nitrogens with zero attached hydrogens (tertiary/aromatic N) is 1. The summed E-state index contributed by atoms with van der Waals surface area (Å²) in [5.41, 5.74) is 1.45. The third-order valence-electron chi connectivity index (χ3n) is 3.99. The number of amides is 1. The van der Waals surface area contributed by atoms with Gasteiger partial charge in [-0.15, -0.1) is 0 Å². The molecule has 2 rings (SSSR count). The predicted molar refractivity (Wildman–Crippen MR) is 92.4 cm³/mol. The van der Waals surface area contributed by atoms with E-state index in [1.54, 1.807) is 25.2 Å². The van der Waals surface area contributed by atoms with Crippen LogP contribution in [0.25, 0.3) is 0 Å². The summed E-state index contributed by atoms with van der Waals surface area (Å²) in [6.07, 6.45) is 3.30. The van der Waals surface area contributed by atoms with Crippen LogP contribution in [0.1, 0.15) is 43.5 Å². The molecule has 1 aliphatic carbocycles. The van der Waals surface area contributed by atoms with Gasteiger partial charge in [0.2, 0.25) is 5.91 Å². The number of carbonyl (C=O) groups is 3. The molecule has 1 aromatic rings. The van der Waals surface area contributed by atoms with E-state index in [0.29, 0.717) is 41.1 Å². The summed E-state index contributed by atoms with van der Waals surface area (Å²) in [7, 11) is 1.61. The maximum absolute atomic E-state index is 12.9. The van der Waals surface area contributed by atoms with Crippen molar-refractivity contribution in [2.45, 2.75) is 39.2 Å². The van der Waals surface area contributed by atoms with E-state index < -0.39 is 0 Å². The lowest BCUT2D eigenvalue weighted by Crippen LogP contribution is -2.26. The van der Waals surface area contributed by atoms with Crippen LogP contribution in [0.4, 0.5) is 5.69 Å². The molecule has 5 nitrogen and oxygen atoms in total. The molecule has 0 saturated carbocycles. The van der Waals surface area contributed by atoms with Crippen LogP contribution in [-0.2, 0) is 14.3 Å². The minimum atomic E-state index is -0.353. The van der Waals surface area contributed by atoms with Crippen LogP contribution in [0.3, 0.4) is 0 Å². The average Bonchev–Trinajstić information content (AvgIpc) is 2.53. The number of hydrogen-bond acceptors (Lipinski definition) is 4. The fraction of sp³-hybridized carbons (Fsp3) is 0.389. The van der Waals surface area contributed by atoms with Crippen molar-refractivity contribution < 1.29 is 19.1 Å². The highest BCUT2D eigenvalue weighted by Gasteiger charge is 2.25. The summed E-state index contributed by atoms with van der Waals surface area (Å²) in [6.45, 7) is 2.79. The fourth-order valence-corrected chi connectivity index (χ4v) is 2.89. The number of rotatable bonds is 4. The van der Waals surface area contributed by atoms with Crippen molar-refractivity contribution in [2.24, 2.45) is 0 Å². The van der Waals surface area contributed by atoms with Gasteiger partial charge in [-0.1, -0.05) is 17.7 Å². The Kier molecular flexibility index (Phi) is 5.78. The van der Waals surface area contributed by atoms with Gasteiger partial charge >= 0.3 is 5.97 Å². The van der Waals surface area contributed by atoms with E-state index >= 15 is 0 Å². The van der Waals surface area contributed by atoms with Gasteiger partial charge in [0.25, 0.3) is 0 Å². The molecule has 1 aliphatic rings. The van der Waals surface area contributed by atoms with Crippen molar-refractivity contribution in [1.29, 1.82) is 0 Å². The van der Waals surface area contributed by atoms with Crippen LogP contribution in [0, 0.1) is 0 Å². The SMILES string of the molecule is CC(=O)OC1CCC=C(C(=O)c2cc(Cl)ccc2N(C)C(C)=O)C1. The minimum absolute atomic E-state index is 0.179. The van der Waals surface area contributed by atoms with E-state index in [1.165, 1.54) is 18.7 Å². The van der Waals surface area contributed by atoms with Crippen molar-refractivity contribution in [1.82, 2.24) is 0 Å². The molecule has 1 aromatic carbocycles.